The highest BCUT2D eigenvalue weighted by atomic mass is 16.5. The molecule has 0 N–H and O–H groups in total. The molecule has 2 aliphatic carbocycles. The highest BCUT2D eigenvalue weighted by Gasteiger charge is 2.52. The van der Waals surface area contributed by atoms with Gasteiger partial charge in [-0.3, -0.25) is 4.79 Å². The zero-order valence-corrected chi connectivity index (χ0v) is 9.92. The predicted molar refractivity (Wildman–Crippen MR) is 59.7 cm³/mol. The van der Waals surface area contributed by atoms with Crippen LogP contribution in [0.2, 0.25) is 0 Å². The van der Waals surface area contributed by atoms with Crippen molar-refractivity contribution in [3.63, 3.8) is 0 Å². The van der Waals surface area contributed by atoms with E-state index in [2.05, 4.69) is 13.8 Å². The van der Waals surface area contributed by atoms with Crippen molar-refractivity contribution < 1.29 is 9.53 Å². The summed E-state index contributed by atoms with van der Waals surface area (Å²) in [6, 6.07) is 0. The lowest BCUT2D eigenvalue weighted by atomic mass is 9.61. The van der Waals surface area contributed by atoms with Gasteiger partial charge in [-0.25, -0.2) is 0 Å². The molecule has 15 heavy (non-hydrogen) atoms. The highest BCUT2D eigenvalue weighted by molar-refractivity contribution is 5.92. The maximum Gasteiger partial charge on any atom is 0.144 e. The van der Waals surface area contributed by atoms with Gasteiger partial charge in [0.2, 0.25) is 0 Å². The molecule has 2 nitrogen and oxygen atoms in total. The van der Waals surface area contributed by atoms with Gasteiger partial charge < -0.3 is 4.74 Å². The van der Waals surface area contributed by atoms with E-state index in [4.69, 9.17) is 4.74 Å². The second-order valence-corrected chi connectivity index (χ2v) is 5.08. The van der Waals surface area contributed by atoms with E-state index in [1.165, 1.54) is 19.3 Å². The summed E-state index contributed by atoms with van der Waals surface area (Å²) < 4.78 is 5.88. The minimum absolute atomic E-state index is 0.121. The predicted octanol–water partition coefficient (Wildman–Crippen LogP) is 2.95. The van der Waals surface area contributed by atoms with Gasteiger partial charge in [-0.2, -0.15) is 0 Å². The van der Waals surface area contributed by atoms with Gasteiger partial charge in [0, 0.05) is 13.0 Å². The quantitative estimate of drug-likeness (QED) is 0.673. The maximum absolute atomic E-state index is 11.7. The van der Waals surface area contributed by atoms with Crippen molar-refractivity contribution >= 4 is 5.78 Å². The molecule has 2 saturated carbocycles. The molecule has 86 valence electrons. The maximum atomic E-state index is 11.7. The minimum Gasteiger partial charge on any atom is -0.377 e. The van der Waals surface area contributed by atoms with E-state index in [0.717, 1.165) is 25.4 Å². The number of Topliss-reactive ketones (excluding diaryl/α,β-unsaturated/α-hetero) is 1. The van der Waals surface area contributed by atoms with Gasteiger partial charge in [-0.05, 0) is 25.2 Å². The molecule has 0 aromatic heterocycles. The fourth-order valence-electron chi connectivity index (χ4n) is 2.72. The lowest BCUT2D eigenvalue weighted by Gasteiger charge is -2.46. The van der Waals surface area contributed by atoms with E-state index >= 15 is 0 Å². The van der Waals surface area contributed by atoms with Gasteiger partial charge in [0.1, 0.15) is 5.78 Å². The third kappa shape index (κ3) is 1.96. The van der Waals surface area contributed by atoms with Crippen LogP contribution in [0, 0.1) is 11.3 Å². The van der Waals surface area contributed by atoms with Gasteiger partial charge in [0.05, 0.1) is 11.5 Å². The second-order valence-electron chi connectivity index (χ2n) is 5.08. The zero-order chi connectivity index (χ0) is 10.9. The number of carbonyl (C=O) groups is 1. The molecule has 2 heteroatoms. The normalized spacial score (nSPS) is 28.9. The van der Waals surface area contributed by atoms with Crippen molar-refractivity contribution in [1.82, 2.24) is 0 Å². The largest absolute Gasteiger partial charge is 0.377 e. The smallest absolute Gasteiger partial charge is 0.144 e. The van der Waals surface area contributed by atoms with Crippen molar-refractivity contribution in [2.75, 3.05) is 6.61 Å². The van der Waals surface area contributed by atoms with E-state index in [-0.39, 0.29) is 11.5 Å². The zero-order valence-electron chi connectivity index (χ0n) is 9.92. The molecular formula is C13H22O2. The van der Waals surface area contributed by atoms with Crippen molar-refractivity contribution in [3.8, 4) is 0 Å². The summed E-state index contributed by atoms with van der Waals surface area (Å²) in [5, 5.41) is 0. The Morgan fingerprint density at radius 3 is 2.47 bits per heavy atom. The van der Waals surface area contributed by atoms with Crippen LogP contribution in [0.3, 0.4) is 0 Å². The van der Waals surface area contributed by atoms with Gasteiger partial charge in [0.25, 0.3) is 0 Å². The molecular weight excluding hydrogens is 188 g/mol. The Bertz CT molecular complexity index is 239. The average molecular weight is 210 g/mol. The van der Waals surface area contributed by atoms with Crippen LogP contribution < -0.4 is 0 Å². The van der Waals surface area contributed by atoms with Crippen LogP contribution >= 0.6 is 0 Å². The first kappa shape index (κ1) is 11.1. The Hall–Kier alpha value is -0.370. The fraction of sp³-hybridized carbons (Fsp3) is 0.923. The number of rotatable bonds is 6. The summed E-state index contributed by atoms with van der Waals surface area (Å²) in [6.07, 6.45) is 6.74. The molecule has 2 fully saturated rings. The number of hydrogen-bond donors (Lipinski definition) is 0. The number of ether oxygens (including phenoxy) is 1. The molecule has 0 saturated heterocycles. The van der Waals surface area contributed by atoms with Crippen LogP contribution in [0.15, 0.2) is 0 Å². The SMILES string of the molecule is CCC1(CC)C(=O)CC1OCCC1CC1. The molecule has 0 aliphatic heterocycles. The van der Waals surface area contributed by atoms with E-state index in [1.54, 1.807) is 0 Å². The molecule has 0 spiro atoms. The molecule has 0 bridgehead atoms. The number of carbonyl (C=O) groups excluding carboxylic acids is 1. The standard InChI is InChI=1S/C13H22O2/c1-3-13(4-2)11(14)9-12(13)15-8-7-10-5-6-10/h10,12H,3-9H2,1-2H3. The van der Waals surface area contributed by atoms with Gasteiger partial charge in [-0.1, -0.05) is 26.7 Å². The molecule has 0 amide bonds. The fourth-order valence-corrected chi connectivity index (χ4v) is 2.72. The van der Waals surface area contributed by atoms with Crippen molar-refractivity contribution in [2.24, 2.45) is 11.3 Å². The van der Waals surface area contributed by atoms with Gasteiger partial charge in [0.15, 0.2) is 0 Å². The Balaban J connectivity index is 1.78. The summed E-state index contributed by atoms with van der Waals surface area (Å²) in [4.78, 5) is 11.7. The number of hydrogen-bond acceptors (Lipinski definition) is 2. The van der Waals surface area contributed by atoms with E-state index in [9.17, 15) is 4.79 Å². The van der Waals surface area contributed by atoms with Crippen molar-refractivity contribution in [2.45, 2.75) is 58.5 Å². The molecule has 2 rings (SSSR count). The third-order valence-electron chi connectivity index (χ3n) is 4.35. The van der Waals surface area contributed by atoms with Crippen LogP contribution in [-0.2, 0) is 9.53 Å². The molecule has 0 radical (unpaired) electrons. The lowest BCUT2D eigenvalue weighted by Crippen LogP contribution is -2.54. The lowest BCUT2D eigenvalue weighted by molar-refractivity contribution is -0.165. The van der Waals surface area contributed by atoms with E-state index in [0.29, 0.717) is 12.2 Å². The first-order chi connectivity index (χ1) is 7.23. The summed E-state index contributed by atoms with van der Waals surface area (Å²) in [6.45, 7) is 5.08. The Labute approximate surface area is 92.4 Å². The molecule has 1 unspecified atom stereocenters. The van der Waals surface area contributed by atoms with Crippen LogP contribution in [0.1, 0.15) is 52.4 Å². The Morgan fingerprint density at radius 1 is 1.33 bits per heavy atom. The molecule has 0 aromatic carbocycles. The summed E-state index contributed by atoms with van der Waals surface area (Å²) in [5.41, 5.74) is -0.121. The molecule has 0 aromatic rings. The summed E-state index contributed by atoms with van der Waals surface area (Å²) in [5.74, 6) is 1.35. The van der Waals surface area contributed by atoms with Crippen LogP contribution in [0.25, 0.3) is 0 Å². The first-order valence-corrected chi connectivity index (χ1v) is 6.38. The topological polar surface area (TPSA) is 26.3 Å². The van der Waals surface area contributed by atoms with Crippen LogP contribution in [-0.4, -0.2) is 18.5 Å². The number of ketones is 1. The highest BCUT2D eigenvalue weighted by Crippen LogP contribution is 2.45. The third-order valence-corrected chi connectivity index (χ3v) is 4.35. The summed E-state index contributed by atoms with van der Waals surface area (Å²) >= 11 is 0. The van der Waals surface area contributed by atoms with E-state index in [1.807, 2.05) is 0 Å². The molecule has 2 aliphatic rings. The second kappa shape index (κ2) is 4.25. The first-order valence-electron chi connectivity index (χ1n) is 6.38. The van der Waals surface area contributed by atoms with Crippen LogP contribution in [0.4, 0.5) is 0 Å². The monoisotopic (exact) mass is 210 g/mol. The van der Waals surface area contributed by atoms with Gasteiger partial charge in [-0.15, -0.1) is 0 Å². The summed E-state index contributed by atoms with van der Waals surface area (Å²) in [7, 11) is 0. The van der Waals surface area contributed by atoms with E-state index < -0.39 is 0 Å². The average Bonchev–Trinajstić information content (AvgIpc) is 3.02. The van der Waals surface area contributed by atoms with Crippen molar-refractivity contribution in [1.29, 1.82) is 0 Å². The van der Waals surface area contributed by atoms with Crippen LogP contribution in [0.5, 0.6) is 0 Å². The Morgan fingerprint density at radius 2 is 2.00 bits per heavy atom. The molecule has 1 atom stereocenters. The van der Waals surface area contributed by atoms with Crippen molar-refractivity contribution in [3.05, 3.63) is 0 Å². The Kier molecular flexibility index (Phi) is 3.15. The molecule has 0 heterocycles. The van der Waals surface area contributed by atoms with Gasteiger partial charge >= 0.3 is 0 Å². The minimum atomic E-state index is -0.121.